The lowest BCUT2D eigenvalue weighted by Gasteiger charge is -2.28. The third-order valence-electron chi connectivity index (χ3n) is 6.68. The number of aliphatic hydroxyl groups excluding tert-OH is 1. The zero-order valence-corrected chi connectivity index (χ0v) is 22.6. The molecule has 5 nitrogen and oxygen atoms in total. The number of hydrogen-bond acceptors (Lipinski definition) is 4. The molecule has 0 spiro atoms. The predicted molar refractivity (Wildman–Crippen MR) is 146 cm³/mol. The van der Waals surface area contributed by atoms with Gasteiger partial charge in [0.25, 0.3) is 0 Å². The van der Waals surface area contributed by atoms with Gasteiger partial charge in [-0.3, -0.25) is 0 Å². The molecular formula is C31H38FNO4. The fraction of sp³-hybridized carbons (Fsp3) is 0.387. The molecule has 3 aromatic carbocycles. The van der Waals surface area contributed by atoms with E-state index in [2.05, 4.69) is 5.32 Å². The summed E-state index contributed by atoms with van der Waals surface area (Å²) in [5.74, 6) is -1.15. The van der Waals surface area contributed by atoms with Gasteiger partial charge in [0.05, 0.1) is 24.4 Å². The minimum absolute atomic E-state index is 0.146. The lowest BCUT2D eigenvalue weighted by molar-refractivity contribution is -0.00397. The molecule has 0 bridgehead atoms. The molecule has 3 rings (SSSR count). The summed E-state index contributed by atoms with van der Waals surface area (Å²) in [5.41, 5.74) is 6.18. The van der Waals surface area contributed by atoms with Gasteiger partial charge in [-0.05, 0) is 105 Å². The number of aryl methyl sites for hydroxylation is 3. The van der Waals surface area contributed by atoms with Crippen LogP contribution in [0.2, 0.25) is 0 Å². The molecule has 0 saturated carbocycles. The molecule has 0 aliphatic heterocycles. The van der Waals surface area contributed by atoms with Crippen molar-refractivity contribution in [3.63, 3.8) is 0 Å². The molecular weight excluding hydrogens is 469 g/mol. The fourth-order valence-electron chi connectivity index (χ4n) is 4.71. The van der Waals surface area contributed by atoms with Crippen molar-refractivity contribution in [1.82, 2.24) is 5.32 Å². The first-order valence-corrected chi connectivity index (χ1v) is 12.6. The first kappa shape index (κ1) is 28.5. The van der Waals surface area contributed by atoms with Gasteiger partial charge in [-0.15, -0.1) is 0 Å². The zero-order chi connectivity index (χ0) is 27.3. The predicted octanol–water partition coefficient (Wildman–Crippen LogP) is 6.17. The third kappa shape index (κ3) is 7.48. The standard InChI is InChI=1S/C31H38FNO4/c1-19-11-12-23(15-28(19)32)16-31(5,6)33-17-25(34)18-37-22(4)26-9-7-8-10-27(26)29-20(2)13-24(30(35)36)14-21(29)3/h7-15,22,25,33-34H,16-18H2,1-6H3,(H,35,36)/t22?,25-/m1/s1. The van der Waals surface area contributed by atoms with E-state index in [1.165, 1.54) is 0 Å². The van der Waals surface area contributed by atoms with E-state index in [0.29, 0.717) is 18.5 Å². The van der Waals surface area contributed by atoms with Crippen molar-refractivity contribution in [3.05, 3.63) is 93.8 Å². The van der Waals surface area contributed by atoms with Crippen molar-refractivity contribution < 1.29 is 24.1 Å². The van der Waals surface area contributed by atoms with Gasteiger partial charge in [0.15, 0.2) is 0 Å². The van der Waals surface area contributed by atoms with Crippen LogP contribution in [0.4, 0.5) is 4.39 Å². The number of rotatable bonds is 11. The van der Waals surface area contributed by atoms with Crippen molar-refractivity contribution in [3.8, 4) is 11.1 Å². The monoisotopic (exact) mass is 507 g/mol. The van der Waals surface area contributed by atoms with Crippen molar-refractivity contribution in [2.75, 3.05) is 13.2 Å². The molecule has 0 saturated heterocycles. The second-order valence-corrected chi connectivity index (χ2v) is 10.5. The second kappa shape index (κ2) is 12.0. The normalized spacial score (nSPS) is 13.4. The van der Waals surface area contributed by atoms with Gasteiger partial charge in [-0.2, -0.15) is 0 Å². The fourth-order valence-corrected chi connectivity index (χ4v) is 4.71. The molecule has 0 fully saturated rings. The van der Waals surface area contributed by atoms with Gasteiger partial charge in [0.2, 0.25) is 0 Å². The molecule has 1 unspecified atom stereocenters. The number of halogens is 1. The maximum absolute atomic E-state index is 13.9. The average molecular weight is 508 g/mol. The number of carboxylic acids is 1. The largest absolute Gasteiger partial charge is 0.478 e. The maximum atomic E-state index is 13.9. The molecule has 0 radical (unpaired) electrons. The first-order valence-electron chi connectivity index (χ1n) is 12.6. The van der Waals surface area contributed by atoms with Crippen LogP contribution in [-0.4, -0.2) is 41.0 Å². The molecule has 0 aliphatic rings. The smallest absolute Gasteiger partial charge is 0.335 e. The van der Waals surface area contributed by atoms with E-state index < -0.39 is 12.1 Å². The first-order chi connectivity index (χ1) is 17.4. The number of aliphatic hydroxyl groups is 1. The van der Waals surface area contributed by atoms with Crippen LogP contribution >= 0.6 is 0 Å². The Balaban J connectivity index is 1.63. The van der Waals surface area contributed by atoms with Gasteiger partial charge < -0.3 is 20.3 Å². The van der Waals surface area contributed by atoms with E-state index in [9.17, 15) is 19.4 Å². The van der Waals surface area contributed by atoms with Crippen LogP contribution in [0, 0.1) is 26.6 Å². The Hall–Kier alpha value is -3.06. The highest BCUT2D eigenvalue weighted by molar-refractivity contribution is 5.90. The Labute approximate surface area is 219 Å². The third-order valence-corrected chi connectivity index (χ3v) is 6.68. The Morgan fingerprint density at radius 1 is 1.03 bits per heavy atom. The molecule has 3 aromatic rings. The number of aromatic carboxylic acids is 1. The van der Waals surface area contributed by atoms with Gasteiger partial charge in [-0.25, -0.2) is 9.18 Å². The summed E-state index contributed by atoms with van der Waals surface area (Å²) in [6.45, 7) is 12.1. The number of benzene rings is 3. The summed E-state index contributed by atoms with van der Waals surface area (Å²) < 4.78 is 20.0. The number of ether oxygens (including phenoxy) is 1. The van der Waals surface area contributed by atoms with Crippen LogP contribution in [0.3, 0.4) is 0 Å². The van der Waals surface area contributed by atoms with Gasteiger partial charge in [0, 0.05) is 12.1 Å². The van der Waals surface area contributed by atoms with E-state index >= 15 is 0 Å². The molecule has 6 heteroatoms. The van der Waals surface area contributed by atoms with Crippen molar-refractivity contribution in [1.29, 1.82) is 0 Å². The second-order valence-electron chi connectivity index (χ2n) is 10.5. The van der Waals surface area contributed by atoms with Gasteiger partial charge >= 0.3 is 5.97 Å². The van der Waals surface area contributed by atoms with Gasteiger partial charge in [0.1, 0.15) is 5.82 Å². The lowest BCUT2D eigenvalue weighted by atomic mass is 9.89. The number of hydrogen-bond donors (Lipinski definition) is 3. The van der Waals surface area contributed by atoms with E-state index in [1.54, 1.807) is 31.2 Å². The van der Waals surface area contributed by atoms with Crippen molar-refractivity contribution in [2.24, 2.45) is 0 Å². The Kier molecular flexibility index (Phi) is 9.24. The summed E-state index contributed by atoms with van der Waals surface area (Å²) in [7, 11) is 0. The molecule has 0 aliphatic carbocycles. The van der Waals surface area contributed by atoms with E-state index in [-0.39, 0.29) is 29.6 Å². The molecule has 3 N–H and O–H groups in total. The summed E-state index contributed by atoms with van der Waals surface area (Å²) in [4.78, 5) is 11.4. The minimum atomic E-state index is -0.945. The van der Waals surface area contributed by atoms with E-state index in [1.807, 2.05) is 65.0 Å². The van der Waals surface area contributed by atoms with Crippen LogP contribution < -0.4 is 5.32 Å². The van der Waals surface area contributed by atoms with Crippen molar-refractivity contribution >= 4 is 5.97 Å². The van der Waals surface area contributed by atoms with Crippen LogP contribution in [0.25, 0.3) is 11.1 Å². The molecule has 0 aromatic heterocycles. The summed E-state index contributed by atoms with van der Waals surface area (Å²) in [6, 6.07) is 16.6. The highest BCUT2D eigenvalue weighted by Gasteiger charge is 2.21. The Bertz CT molecular complexity index is 1230. The van der Waals surface area contributed by atoms with Crippen LogP contribution in [-0.2, 0) is 11.2 Å². The van der Waals surface area contributed by atoms with E-state index in [0.717, 1.165) is 33.4 Å². The SMILES string of the molecule is Cc1ccc(CC(C)(C)NC[C@@H](O)COC(C)c2ccccc2-c2c(C)cc(C(=O)O)cc2C)cc1F. The summed E-state index contributed by atoms with van der Waals surface area (Å²) >= 11 is 0. The Morgan fingerprint density at radius 2 is 1.68 bits per heavy atom. The minimum Gasteiger partial charge on any atom is -0.478 e. The van der Waals surface area contributed by atoms with Gasteiger partial charge in [-0.1, -0.05) is 36.4 Å². The quantitative estimate of drug-likeness (QED) is 0.289. The molecule has 0 amide bonds. The molecule has 37 heavy (non-hydrogen) atoms. The van der Waals surface area contributed by atoms with E-state index in [4.69, 9.17) is 4.74 Å². The topological polar surface area (TPSA) is 78.8 Å². The summed E-state index contributed by atoms with van der Waals surface area (Å²) in [6.07, 6.45) is -0.379. The number of carbonyl (C=O) groups is 1. The molecule has 2 atom stereocenters. The number of carboxylic acid groups (broad SMARTS) is 1. The summed E-state index contributed by atoms with van der Waals surface area (Å²) in [5, 5.41) is 23.4. The highest BCUT2D eigenvalue weighted by atomic mass is 19.1. The number of β-amino-alcohol motifs (C(OH)–C–C–N with tert-alkyl or cyclic N) is 1. The van der Waals surface area contributed by atoms with Crippen molar-refractivity contribution in [2.45, 2.75) is 65.7 Å². The van der Waals surface area contributed by atoms with Crippen LogP contribution in [0.1, 0.15) is 65.1 Å². The Morgan fingerprint density at radius 3 is 2.30 bits per heavy atom. The lowest BCUT2D eigenvalue weighted by Crippen LogP contribution is -2.46. The molecule has 0 heterocycles. The van der Waals surface area contributed by atoms with Crippen LogP contribution in [0.15, 0.2) is 54.6 Å². The maximum Gasteiger partial charge on any atom is 0.335 e. The molecule has 198 valence electrons. The van der Waals surface area contributed by atoms with Crippen LogP contribution in [0.5, 0.6) is 0 Å². The number of nitrogens with one attached hydrogen (secondary N) is 1. The average Bonchev–Trinajstić information content (AvgIpc) is 2.83. The highest BCUT2D eigenvalue weighted by Crippen LogP contribution is 2.35. The zero-order valence-electron chi connectivity index (χ0n) is 22.6.